The molecule has 0 unspecified atom stereocenters. The molecule has 0 radical (unpaired) electrons. The van der Waals surface area contributed by atoms with Gasteiger partial charge in [0, 0.05) is 30.5 Å². The minimum atomic E-state index is -0.149. The summed E-state index contributed by atoms with van der Waals surface area (Å²) in [7, 11) is 0. The molecule has 0 aliphatic heterocycles. The van der Waals surface area contributed by atoms with Crippen LogP contribution in [-0.4, -0.2) is 29.5 Å². The van der Waals surface area contributed by atoms with Crippen LogP contribution in [0.1, 0.15) is 21.6 Å². The third-order valence-corrected chi connectivity index (χ3v) is 5.17. The molecule has 4 aromatic rings. The lowest BCUT2D eigenvalue weighted by atomic mass is 10.1. The first-order chi connectivity index (χ1) is 15.2. The van der Waals surface area contributed by atoms with Crippen molar-refractivity contribution in [1.29, 1.82) is 0 Å². The lowest BCUT2D eigenvalue weighted by Crippen LogP contribution is -2.36. The summed E-state index contributed by atoms with van der Waals surface area (Å²) in [6, 6.07) is 29.6. The highest BCUT2D eigenvalue weighted by atomic mass is 16.2. The quantitative estimate of drug-likeness (QED) is 0.434. The van der Waals surface area contributed by atoms with E-state index in [0.717, 1.165) is 22.0 Å². The average molecular weight is 412 g/mol. The van der Waals surface area contributed by atoms with E-state index < -0.39 is 0 Å². The number of carbonyl (C=O) groups excluding carboxylic acids is 2. The number of amides is 2. The van der Waals surface area contributed by atoms with Crippen molar-refractivity contribution in [2.75, 3.05) is 13.1 Å². The number of carbonyl (C=O) groups is 2. The molecule has 1 aromatic heterocycles. The van der Waals surface area contributed by atoms with Crippen LogP contribution in [0.2, 0.25) is 0 Å². The number of aromatic nitrogens is 1. The van der Waals surface area contributed by atoms with E-state index in [4.69, 9.17) is 0 Å². The van der Waals surface area contributed by atoms with Gasteiger partial charge in [-0.15, -0.1) is 0 Å². The fraction of sp³-hybridized carbons (Fsp3) is 0.154. The van der Waals surface area contributed by atoms with Crippen molar-refractivity contribution in [3.63, 3.8) is 0 Å². The van der Waals surface area contributed by atoms with Gasteiger partial charge >= 0.3 is 0 Å². The monoisotopic (exact) mass is 411 g/mol. The van der Waals surface area contributed by atoms with Gasteiger partial charge in [-0.1, -0.05) is 78.9 Å². The van der Waals surface area contributed by atoms with E-state index in [1.807, 2.05) is 83.4 Å². The Kier molecular flexibility index (Phi) is 6.43. The van der Waals surface area contributed by atoms with Crippen molar-refractivity contribution in [2.24, 2.45) is 0 Å². The maximum atomic E-state index is 12.9. The average Bonchev–Trinajstić information content (AvgIpc) is 3.16. The Hall–Kier alpha value is -3.86. The summed E-state index contributed by atoms with van der Waals surface area (Å²) in [5, 5.41) is 6.82. The van der Waals surface area contributed by atoms with Gasteiger partial charge in [0.15, 0.2) is 0 Å². The third-order valence-electron chi connectivity index (χ3n) is 5.17. The van der Waals surface area contributed by atoms with Gasteiger partial charge in [0.2, 0.25) is 5.91 Å². The molecular weight excluding hydrogens is 386 g/mol. The molecular formula is C26H25N3O2. The molecule has 0 saturated carbocycles. The van der Waals surface area contributed by atoms with Crippen molar-refractivity contribution in [2.45, 2.75) is 13.0 Å². The fourth-order valence-electron chi connectivity index (χ4n) is 3.65. The second-order valence-electron chi connectivity index (χ2n) is 7.43. The number of nitrogens with one attached hydrogen (secondary N) is 2. The van der Waals surface area contributed by atoms with Gasteiger partial charge in [0.05, 0.1) is 6.42 Å². The normalized spacial score (nSPS) is 10.7. The van der Waals surface area contributed by atoms with E-state index in [-0.39, 0.29) is 11.8 Å². The third kappa shape index (κ3) is 5.20. The van der Waals surface area contributed by atoms with Crippen LogP contribution in [0.5, 0.6) is 0 Å². The van der Waals surface area contributed by atoms with Gasteiger partial charge in [-0.25, -0.2) is 0 Å². The Morgan fingerprint density at radius 2 is 1.32 bits per heavy atom. The zero-order chi connectivity index (χ0) is 21.5. The van der Waals surface area contributed by atoms with E-state index in [1.165, 1.54) is 0 Å². The molecule has 2 amide bonds. The predicted octanol–water partition coefficient (Wildman–Crippen LogP) is 3.78. The zero-order valence-corrected chi connectivity index (χ0v) is 17.3. The van der Waals surface area contributed by atoms with E-state index in [0.29, 0.717) is 31.7 Å². The topological polar surface area (TPSA) is 63.1 Å². The predicted molar refractivity (Wildman–Crippen MR) is 123 cm³/mol. The molecule has 5 heteroatoms. The van der Waals surface area contributed by atoms with Gasteiger partial charge in [-0.2, -0.15) is 0 Å². The van der Waals surface area contributed by atoms with Crippen molar-refractivity contribution < 1.29 is 9.59 Å². The Balaban J connectivity index is 1.38. The summed E-state index contributed by atoms with van der Waals surface area (Å²) in [6.45, 7) is 1.37. The van der Waals surface area contributed by atoms with E-state index in [1.54, 1.807) is 0 Å². The lowest BCUT2D eigenvalue weighted by molar-refractivity contribution is -0.120. The van der Waals surface area contributed by atoms with Gasteiger partial charge < -0.3 is 15.2 Å². The first kappa shape index (κ1) is 20.4. The summed E-state index contributed by atoms with van der Waals surface area (Å²) < 4.78 is 2.04. The number of hydrogen-bond donors (Lipinski definition) is 2. The van der Waals surface area contributed by atoms with Gasteiger partial charge in [-0.05, 0) is 23.3 Å². The second-order valence-corrected chi connectivity index (χ2v) is 7.43. The number of nitrogens with zero attached hydrogens (tertiary/aromatic N) is 1. The second kappa shape index (κ2) is 9.76. The van der Waals surface area contributed by atoms with Crippen LogP contribution in [0.15, 0.2) is 91.0 Å². The van der Waals surface area contributed by atoms with Gasteiger partial charge in [0.1, 0.15) is 5.69 Å². The molecule has 5 nitrogen and oxygen atoms in total. The summed E-state index contributed by atoms with van der Waals surface area (Å²) in [4.78, 5) is 25.0. The Bertz CT molecular complexity index is 1170. The van der Waals surface area contributed by atoms with Crippen LogP contribution in [0.3, 0.4) is 0 Å². The molecule has 0 aliphatic carbocycles. The van der Waals surface area contributed by atoms with E-state index >= 15 is 0 Å². The highest BCUT2D eigenvalue weighted by molar-refractivity contribution is 5.98. The first-order valence-corrected chi connectivity index (χ1v) is 10.4. The maximum Gasteiger partial charge on any atom is 0.268 e. The molecule has 0 saturated heterocycles. The van der Waals surface area contributed by atoms with Crippen molar-refractivity contribution in [3.05, 3.63) is 108 Å². The number of hydrogen-bond acceptors (Lipinski definition) is 2. The molecule has 31 heavy (non-hydrogen) atoms. The molecule has 3 aromatic carbocycles. The van der Waals surface area contributed by atoms with E-state index in [9.17, 15) is 9.59 Å². The molecule has 0 spiro atoms. The Morgan fingerprint density at radius 3 is 2.06 bits per heavy atom. The van der Waals surface area contributed by atoms with Crippen molar-refractivity contribution >= 4 is 22.7 Å². The number of para-hydroxylation sites is 1. The van der Waals surface area contributed by atoms with Gasteiger partial charge in [0.25, 0.3) is 5.91 Å². The smallest absolute Gasteiger partial charge is 0.268 e. The molecule has 156 valence electrons. The summed E-state index contributed by atoms with van der Waals surface area (Å²) in [6.07, 6.45) is 0.333. The molecule has 0 aliphatic rings. The Labute approximate surface area is 181 Å². The van der Waals surface area contributed by atoms with Crippen LogP contribution in [0.25, 0.3) is 10.9 Å². The first-order valence-electron chi connectivity index (χ1n) is 10.4. The van der Waals surface area contributed by atoms with Crippen LogP contribution >= 0.6 is 0 Å². The molecule has 4 rings (SSSR count). The van der Waals surface area contributed by atoms with Crippen molar-refractivity contribution in [3.8, 4) is 0 Å². The fourth-order valence-corrected chi connectivity index (χ4v) is 3.65. The highest BCUT2D eigenvalue weighted by Crippen LogP contribution is 2.21. The number of benzene rings is 3. The minimum Gasteiger partial charge on any atom is -0.354 e. The molecule has 0 atom stereocenters. The molecule has 2 N–H and O–H groups in total. The summed E-state index contributed by atoms with van der Waals surface area (Å²) in [5.41, 5.74) is 3.73. The summed E-state index contributed by atoms with van der Waals surface area (Å²) >= 11 is 0. The van der Waals surface area contributed by atoms with Crippen molar-refractivity contribution in [1.82, 2.24) is 15.2 Å². The van der Waals surface area contributed by atoms with Crippen LogP contribution in [-0.2, 0) is 17.8 Å². The van der Waals surface area contributed by atoms with E-state index in [2.05, 4.69) is 22.8 Å². The molecule has 0 bridgehead atoms. The van der Waals surface area contributed by atoms with Crippen LogP contribution < -0.4 is 10.6 Å². The van der Waals surface area contributed by atoms with Crippen LogP contribution in [0, 0.1) is 0 Å². The molecule has 0 fully saturated rings. The van der Waals surface area contributed by atoms with Crippen LogP contribution in [0.4, 0.5) is 0 Å². The van der Waals surface area contributed by atoms with Gasteiger partial charge in [-0.3, -0.25) is 9.59 Å². The SMILES string of the molecule is O=C(Cc1ccccc1)NCCNC(=O)c1cc2ccccc2n1Cc1ccccc1. The standard InChI is InChI=1S/C26H25N3O2/c30-25(17-20-9-3-1-4-10-20)27-15-16-28-26(31)24-18-22-13-7-8-14-23(22)29(24)19-21-11-5-2-6-12-21/h1-14,18H,15-17,19H2,(H,27,30)(H,28,31). The zero-order valence-electron chi connectivity index (χ0n) is 17.3. The number of fused-ring (bicyclic) bond motifs is 1. The summed E-state index contributed by atoms with van der Waals surface area (Å²) in [5.74, 6) is -0.205. The minimum absolute atomic E-state index is 0.0568. The Morgan fingerprint density at radius 1 is 0.710 bits per heavy atom. The highest BCUT2D eigenvalue weighted by Gasteiger charge is 2.15. The lowest BCUT2D eigenvalue weighted by Gasteiger charge is -2.12. The molecule has 1 heterocycles. The largest absolute Gasteiger partial charge is 0.354 e. The number of rotatable bonds is 8. The maximum absolute atomic E-state index is 12.9.